The van der Waals surface area contributed by atoms with Crippen LogP contribution in [0.15, 0.2) is 60.8 Å². The summed E-state index contributed by atoms with van der Waals surface area (Å²) in [5, 5.41) is 15.4. The van der Waals surface area contributed by atoms with Gasteiger partial charge >= 0.3 is 5.97 Å². The van der Waals surface area contributed by atoms with Crippen molar-refractivity contribution in [1.29, 1.82) is 0 Å². The highest BCUT2D eigenvalue weighted by molar-refractivity contribution is 5.88. The van der Waals surface area contributed by atoms with Gasteiger partial charge in [-0.1, -0.05) is 39.0 Å². The molecule has 0 saturated carbocycles. The number of nitrogens with one attached hydrogen (secondary N) is 2. The van der Waals surface area contributed by atoms with Crippen LogP contribution in [0.4, 0.5) is 23.1 Å². The Kier molecular flexibility index (Phi) is 5.07. The summed E-state index contributed by atoms with van der Waals surface area (Å²) >= 11 is 0. The molecule has 0 radical (unpaired) electrons. The van der Waals surface area contributed by atoms with Crippen LogP contribution in [0, 0.1) is 0 Å². The van der Waals surface area contributed by atoms with Gasteiger partial charge in [0.15, 0.2) is 0 Å². The third kappa shape index (κ3) is 4.61. The number of carbonyl (C=O) groups is 1. The van der Waals surface area contributed by atoms with Crippen LogP contribution >= 0.6 is 0 Å². The fourth-order valence-electron chi connectivity index (χ4n) is 2.70. The Hall–Kier alpha value is -3.41. The van der Waals surface area contributed by atoms with Gasteiger partial charge in [-0.3, -0.25) is 0 Å². The highest BCUT2D eigenvalue weighted by atomic mass is 16.4. The quantitative estimate of drug-likeness (QED) is 0.595. The number of aromatic nitrogens is 2. The lowest BCUT2D eigenvalue weighted by Crippen LogP contribution is -2.14. The Balaban J connectivity index is 1.79. The molecule has 0 amide bonds. The average Bonchev–Trinajstić information content (AvgIpc) is 2.62. The maximum Gasteiger partial charge on any atom is 0.335 e. The second kappa shape index (κ2) is 7.45. The summed E-state index contributed by atoms with van der Waals surface area (Å²) in [6.07, 6.45) is 1.67. The monoisotopic (exact) mass is 362 g/mol. The highest BCUT2D eigenvalue weighted by Gasteiger charge is 2.17. The number of anilines is 4. The van der Waals surface area contributed by atoms with Crippen molar-refractivity contribution in [1.82, 2.24) is 9.97 Å². The van der Waals surface area contributed by atoms with Crippen molar-refractivity contribution < 1.29 is 9.90 Å². The molecule has 2 aromatic carbocycles. The van der Waals surface area contributed by atoms with Gasteiger partial charge in [-0.15, -0.1) is 0 Å². The number of carboxylic acids is 1. The number of rotatable bonds is 5. The first-order valence-electron chi connectivity index (χ1n) is 8.63. The summed E-state index contributed by atoms with van der Waals surface area (Å²) < 4.78 is 0. The van der Waals surface area contributed by atoms with Gasteiger partial charge in [-0.25, -0.2) is 9.78 Å². The average molecular weight is 362 g/mol. The Morgan fingerprint density at radius 1 is 0.963 bits per heavy atom. The minimum absolute atomic E-state index is 0.00859. The molecule has 1 heterocycles. The molecule has 6 nitrogen and oxygen atoms in total. The fraction of sp³-hybridized carbons (Fsp3) is 0.190. The third-order valence-corrected chi connectivity index (χ3v) is 4.04. The molecule has 0 fully saturated rings. The Morgan fingerprint density at radius 2 is 1.67 bits per heavy atom. The van der Waals surface area contributed by atoms with E-state index in [9.17, 15) is 4.79 Å². The van der Waals surface area contributed by atoms with Crippen molar-refractivity contribution in [3.8, 4) is 0 Å². The molecule has 3 aromatic rings. The Labute approximate surface area is 158 Å². The Bertz CT molecular complexity index is 947. The zero-order valence-corrected chi connectivity index (χ0v) is 15.5. The van der Waals surface area contributed by atoms with Gasteiger partial charge in [-0.05, 0) is 47.4 Å². The first-order valence-corrected chi connectivity index (χ1v) is 8.63. The first-order chi connectivity index (χ1) is 12.8. The molecule has 0 bridgehead atoms. The number of hydrogen-bond donors (Lipinski definition) is 3. The van der Waals surface area contributed by atoms with Crippen LogP contribution in [-0.4, -0.2) is 21.0 Å². The van der Waals surface area contributed by atoms with Crippen LogP contribution < -0.4 is 10.6 Å². The molecule has 1 aromatic heterocycles. The van der Waals surface area contributed by atoms with E-state index in [1.54, 1.807) is 36.5 Å². The lowest BCUT2D eigenvalue weighted by Gasteiger charge is -2.23. The Morgan fingerprint density at radius 3 is 2.33 bits per heavy atom. The standard InChI is InChI=1S/C21H22N4O2/c1-21(2,3)16-6-4-5-7-17(16)24-20-22-13-12-18(25-20)23-15-10-8-14(9-11-15)19(26)27/h4-13H,1-3H3,(H,26,27)(H2,22,23,24,25). The zero-order chi connectivity index (χ0) is 19.4. The summed E-state index contributed by atoms with van der Waals surface area (Å²) in [5.74, 6) is 0.148. The molecule has 27 heavy (non-hydrogen) atoms. The minimum atomic E-state index is -0.951. The predicted molar refractivity (Wildman–Crippen MR) is 107 cm³/mol. The van der Waals surface area contributed by atoms with Crippen LogP contribution in [0.1, 0.15) is 36.7 Å². The van der Waals surface area contributed by atoms with Gasteiger partial charge in [0.2, 0.25) is 5.95 Å². The minimum Gasteiger partial charge on any atom is -0.478 e. The van der Waals surface area contributed by atoms with Crippen molar-refractivity contribution >= 4 is 29.1 Å². The summed E-state index contributed by atoms with van der Waals surface area (Å²) in [5.41, 5.74) is 3.12. The first kappa shape index (κ1) is 18.4. The number of benzene rings is 2. The molecular formula is C21H22N4O2. The van der Waals surface area contributed by atoms with Crippen molar-refractivity contribution in [2.24, 2.45) is 0 Å². The normalized spacial score (nSPS) is 11.1. The van der Waals surface area contributed by atoms with E-state index in [-0.39, 0.29) is 11.0 Å². The van der Waals surface area contributed by atoms with Crippen molar-refractivity contribution in [3.05, 3.63) is 71.9 Å². The van der Waals surface area contributed by atoms with E-state index in [0.717, 1.165) is 11.4 Å². The van der Waals surface area contributed by atoms with Crippen molar-refractivity contribution in [2.45, 2.75) is 26.2 Å². The molecule has 3 N–H and O–H groups in total. The summed E-state index contributed by atoms with van der Waals surface area (Å²) in [4.78, 5) is 19.7. The molecule has 3 rings (SSSR count). The summed E-state index contributed by atoms with van der Waals surface area (Å²) in [7, 11) is 0. The second-order valence-electron chi connectivity index (χ2n) is 7.19. The van der Waals surface area contributed by atoms with E-state index >= 15 is 0 Å². The maximum absolute atomic E-state index is 10.9. The van der Waals surface area contributed by atoms with Gasteiger partial charge in [0, 0.05) is 17.6 Å². The molecule has 0 atom stereocenters. The largest absolute Gasteiger partial charge is 0.478 e. The third-order valence-electron chi connectivity index (χ3n) is 4.04. The SMILES string of the molecule is CC(C)(C)c1ccccc1Nc1nccc(Nc2ccc(C(=O)O)cc2)n1. The van der Waals surface area contributed by atoms with Gasteiger partial charge in [0.25, 0.3) is 0 Å². The molecule has 0 aliphatic carbocycles. The number of carboxylic acid groups (broad SMARTS) is 1. The second-order valence-corrected chi connectivity index (χ2v) is 7.19. The van der Waals surface area contributed by atoms with Crippen LogP contribution in [0.3, 0.4) is 0 Å². The number of aromatic carboxylic acids is 1. The van der Waals surface area contributed by atoms with E-state index in [1.165, 1.54) is 5.56 Å². The smallest absolute Gasteiger partial charge is 0.335 e. The molecule has 0 aliphatic rings. The summed E-state index contributed by atoms with van der Waals surface area (Å²) in [6.45, 7) is 6.48. The predicted octanol–water partition coefficient (Wildman–Crippen LogP) is 4.96. The molecule has 0 unspecified atom stereocenters. The molecule has 138 valence electrons. The molecular weight excluding hydrogens is 340 g/mol. The maximum atomic E-state index is 10.9. The van der Waals surface area contributed by atoms with E-state index in [1.807, 2.05) is 18.2 Å². The zero-order valence-electron chi connectivity index (χ0n) is 15.5. The number of para-hydroxylation sites is 1. The summed E-state index contributed by atoms with van der Waals surface area (Å²) in [6, 6.07) is 16.3. The van der Waals surface area contributed by atoms with E-state index in [2.05, 4.69) is 47.4 Å². The topological polar surface area (TPSA) is 87.1 Å². The number of nitrogens with zero attached hydrogens (tertiary/aromatic N) is 2. The fourth-order valence-corrected chi connectivity index (χ4v) is 2.70. The van der Waals surface area contributed by atoms with Crippen LogP contribution in [-0.2, 0) is 5.41 Å². The lowest BCUT2D eigenvalue weighted by molar-refractivity contribution is 0.0697. The lowest BCUT2D eigenvalue weighted by atomic mass is 9.86. The van der Waals surface area contributed by atoms with Gasteiger partial charge in [0.05, 0.1) is 5.56 Å². The molecule has 0 aliphatic heterocycles. The molecule has 0 spiro atoms. The van der Waals surface area contributed by atoms with Gasteiger partial charge in [-0.2, -0.15) is 4.98 Å². The highest BCUT2D eigenvalue weighted by Crippen LogP contribution is 2.30. The van der Waals surface area contributed by atoms with E-state index in [0.29, 0.717) is 11.8 Å². The van der Waals surface area contributed by atoms with E-state index in [4.69, 9.17) is 5.11 Å². The van der Waals surface area contributed by atoms with Crippen molar-refractivity contribution in [2.75, 3.05) is 10.6 Å². The van der Waals surface area contributed by atoms with Crippen LogP contribution in [0.25, 0.3) is 0 Å². The van der Waals surface area contributed by atoms with Gasteiger partial charge in [0.1, 0.15) is 5.82 Å². The van der Waals surface area contributed by atoms with E-state index < -0.39 is 5.97 Å². The number of hydrogen-bond acceptors (Lipinski definition) is 5. The molecule has 0 saturated heterocycles. The van der Waals surface area contributed by atoms with Crippen LogP contribution in [0.2, 0.25) is 0 Å². The van der Waals surface area contributed by atoms with Gasteiger partial charge < -0.3 is 15.7 Å². The van der Waals surface area contributed by atoms with Crippen molar-refractivity contribution in [3.63, 3.8) is 0 Å². The molecule has 6 heteroatoms. The van der Waals surface area contributed by atoms with Crippen LogP contribution in [0.5, 0.6) is 0 Å².